The average Bonchev–Trinajstić information content (AvgIpc) is 3.53. The molecule has 2 unspecified atom stereocenters. The van der Waals surface area contributed by atoms with Gasteiger partial charge in [0, 0.05) is 17.2 Å². The van der Waals surface area contributed by atoms with E-state index in [2.05, 4.69) is 16.2 Å². The Hall–Kier alpha value is -3.91. The first kappa shape index (κ1) is 22.9. The van der Waals surface area contributed by atoms with Crippen LogP contribution in [0.3, 0.4) is 0 Å². The highest BCUT2D eigenvalue weighted by molar-refractivity contribution is 7.93. The van der Waals surface area contributed by atoms with Crippen LogP contribution in [0.15, 0.2) is 83.4 Å². The molecule has 35 heavy (non-hydrogen) atoms. The Morgan fingerprint density at radius 3 is 2.80 bits per heavy atom. The zero-order chi connectivity index (χ0) is 24.8. The third kappa shape index (κ3) is 3.80. The SMILES string of the molecule is CC1(c2cccc(-c3ccnc4c(C(=O)c5cccs5)cnn34)c2)C=CC=C(S(N)(=O)=O)C1C#N. The molecule has 0 saturated heterocycles. The fourth-order valence-electron chi connectivity index (χ4n) is 4.37. The molecule has 0 bridgehead atoms. The van der Waals surface area contributed by atoms with Gasteiger partial charge in [0.1, 0.15) is 0 Å². The maximum absolute atomic E-state index is 12.9. The summed E-state index contributed by atoms with van der Waals surface area (Å²) >= 11 is 1.36. The second-order valence-corrected chi connectivity index (χ2v) is 10.8. The lowest BCUT2D eigenvalue weighted by molar-refractivity contribution is 0.104. The van der Waals surface area contributed by atoms with Crippen molar-refractivity contribution in [1.82, 2.24) is 14.6 Å². The van der Waals surface area contributed by atoms with E-state index in [1.807, 2.05) is 48.7 Å². The number of carbonyl (C=O) groups is 1. The number of fused-ring (bicyclic) bond motifs is 1. The van der Waals surface area contributed by atoms with Crippen molar-refractivity contribution in [2.45, 2.75) is 12.3 Å². The van der Waals surface area contributed by atoms with E-state index in [1.54, 1.807) is 28.9 Å². The Labute approximate surface area is 205 Å². The lowest BCUT2D eigenvalue weighted by atomic mass is 9.70. The van der Waals surface area contributed by atoms with Crippen molar-refractivity contribution >= 4 is 32.8 Å². The molecular weight excluding hydrogens is 482 g/mol. The maximum Gasteiger partial charge on any atom is 0.235 e. The van der Waals surface area contributed by atoms with Crippen LogP contribution in [0.2, 0.25) is 0 Å². The number of carbonyl (C=O) groups excluding carboxylic acids is 1. The summed E-state index contributed by atoms with van der Waals surface area (Å²) in [4.78, 5) is 17.8. The van der Waals surface area contributed by atoms with Gasteiger partial charge in [-0.3, -0.25) is 4.79 Å². The topological polar surface area (TPSA) is 131 Å². The molecule has 0 fully saturated rings. The molecule has 2 N–H and O–H groups in total. The zero-order valence-corrected chi connectivity index (χ0v) is 20.1. The summed E-state index contributed by atoms with van der Waals surface area (Å²) in [7, 11) is -4.05. The van der Waals surface area contributed by atoms with Crippen molar-refractivity contribution in [3.8, 4) is 17.3 Å². The van der Waals surface area contributed by atoms with E-state index < -0.39 is 21.4 Å². The van der Waals surface area contributed by atoms with Gasteiger partial charge in [-0.25, -0.2) is 23.1 Å². The second-order valence-electron chi connectivity index (χ2n) is 8.33. The van der Waals surface area contributed by atoms with E-state index >= 15 is 0 Å². The summed E-state index contributed by atoms with van der Waals surface area (Å²) < 4.78 is 25.9. The van der Waals surface area contributed by atoms with Crippen molar-refractivity contribution in [1.29, 1.82) is 5.26 Å². The standard InChI is InChI=1S/C25H19N5O3S2/c1-25(10-3-8-22(19(25)14-26)35(27,32)33)17-6-2-5-16(13-17)20-9-11-28-24-18(15-29-30(20)24)23(31)21-7-4-12-34-21/h2-13,15,19H,1H3,(H2,27,32,33). The van der Waals surface area contributed by atoms with Crippen LogP contribution in [0.5, 0.6) is 0 Å². The van der Waals surface area contributed by atoms with Crippen LogP contribution in [-0.4, -0.2) is 28.8 Å². The monoisotopic (exact) mass is 501 g/mol. The number of nitriles is 1. The fourth-order valence-corrected chi connectivity index (χ4v) is 5.95. The Balaban J connectivity index is 1.60. The number of nitrogens with zero attached hydrogens (tertiary/aromatic N) is 4. The summed E-state index contributed by atoms with van der Waals surface area (Å²) in [5.41, 5.74) is 2.11. The van der Waals surface area contributed by atoms with Crippen LogP contribution in [0.25, 0.3) is 16.9 Å². The summed E-state index contributed by atoms with van der Waals surface area (Å²) in [5, 5.41) is 21.5. The number of primary sulfonamides is 1. The number of thiophene rings is 1. The minimum atomic E-state index is -4.05. The lowest BCUT2D eigenvalue weighted by Crippen LogP contribution is -2.36. The van der Waals surface area contributed by atoms with Gasteiger partial charge in [-0.1, -0.05) is 43.3 Å². The molecule has 8 nitrogen and oxygen atoms in total. The number of benzene rings is 1. The molecule has 0 spiro atoms. The second kappa shape index (κ2) is 8.39. The molecule has 0 amide bonds. The predicted molar refractivity (Wildman–Crippen MR) is 133 cm³/mol. The van der Waals surface area contributed by atoms with Crippen LogP contribution in [0, 0.1) is 17.2 Å². The Bertz CT molecular complexity index is 1680. The van der Waals surface area contributed by atoms with Gasteiger partial charge in [0.05, 0.1) is 39.2 Å². The molecule has 174 valence electrons. The first-order valence-electron chi connectivity index (χ1n) is 10.6. The van der Waals surface area contributed by atoms with Crippen LogP contribution in [0.4, 0.5) is 0 Å². The molecule has 1 aliphatic carbocycles. The summed E-state index contributed by atoms with van der Waals surface area (Å²) in [5.74, 6) is -1.14. The number of rotatable bonds is 5. The highest BCUT2D eigenvalue weighted by Gasteiger charge is 2.41. The zero-order valence-electron chi connectivity index (χ0n) is 18.5. The van der Waals surface area contributed by atoms with Gasteiger partial charge in [-0.2, -0.15) is 10.4 Å². The van der Waals surface area contributed by atoms with Gasteiger partial charge in [0.15, 0.2) is 5.65 Å². The predicted octanol–water partition coefficient (Wildman–Crippen LogP) is 3.83. The van der Waals surface area contributed by atoms with E-state index in [-0.39, 0.29) is 10.7 Å². The first-order chi connectivity index (χ1) is 16.7. The lowest BCUT2D eigenvalue weighted by Gasteiger charge is -2.34. The number of allylic oxidation sites excluding steroid dienone is 4. The van der Waals surface area contributed by atoms with Crippen molar-refractivity contribution in [2.24, 2.45) is 11.1 Å². The minimum Gasteiger partial charge on any atom is -0.287 e. The quantitative estimate of drug-likeness (QED) is 0.414. The molecule has 0 saturated carbocycles. The number of sulfonamides is 1. The molecule has 3 aromatic heterocycles. The van der Waals surface area contributed by atoms with Gasteiger partial charge in [-0.05, 0) is 35.2 Å². The third-order valence-electron chi connectivity index (χ3n) is 6.22. The summed E-state index contributed by atoms with van der Waals surface area (Å²) in [6.07, 6.45) is 7.92. The van der Waals surface area contributed by atoms with Crippen LogP contribution < -0.4 is 5.14 Å². The number of nitrogens with two attached hydrogens (primary N) is 1. The number of hydrogen-bond donors (Lipinski definition) is 1. The highest BCUT2D eigenvalue weighted by atomic mass is 32.2. The van der Waals surface area contributed by atoms with Gasteiger partial charge >= 0.3 is 0 Å². The van der Waals surface area contributed by atoms with Crippen molar-refractivity contribution in [3.63, 3.8) is 0 Å². The smallest absolute Gasteiger partial charge is 0.235 e. The van der Waals surface area contributed by atoms with Gasteiger partial charge in [0.2, 0.25) is 15.8 Å². The van der Waals surface area contributed by atoms with Crippen LogP contribution >= 0.6 is 11.3 Å². The van der Waals surface area contributed by atoms with E-state index in [9.17, 15) is 18.5 Å². The van der Waals surface area contributed by atoms with Crippen molar-refractivity contribution < 1.29 is 13.2 Å². The number of aromatic nitrogens is 3. The molecule has 5 rings (SSSR count). The highest BCUT2D eigenvalue weighted by Crippen LogP contribution is 2.42. The molecule has 0 aliphatic heterocycles. The third-order valence-corrected chi connectivity index (χ3v) is 8.11. The largest absolute Gasteiger partial charge is 0.287 e. The molecule has 1 aromatic carbocycles. The summed E-state index contributed by atoms with van der Waals surface area (Å²) in [6.45, 7) is 1.81. The number of ketones is 1. The van der Waals surface area contributed by atoms with E-state index in [0.29, 0.717) is 21.8 Å². The molecule has 2 atom stereocenters. The Kier molecular flexibility index (Phi) is 5.48. The Morgan fingerprint density at radius 2 is 2.09 bits per heavy atom. The molecule has 3 heterocycles. The molecule has 0 radical (unpaired) electrons. The molecule has 4 aromatic rings. The first-order valence-corrected chi connectivity index (χ1v) is 13.0. The van der Waals surface area contributed by atoms with Crippen LogP contribution in [0.1, 0.15) is 27.7 Å². The van der Waals surface area contributed by atoms with Crippen LogP contribution in [-0.2, 0) is 15.4 Å². The maximum atomic E-state index is 12.9. The summed E-state index contributed by atoms with van der Waals surface area (Å²) in [6, 6.07) is 14.9. The Morgan fingerprint density at radius 1 is 1.26 bits per heavy atom. The molecular formula is C25H19N5O3S2. The number of hydrogen-bond acceptors (Lipinski definition) is 7. The molecule has 10 heteroatoms. The van der Waals surface area contributed by atoms with Crippen molar-refractivity contribution in [2.75, 3.05) is 0 Å². The van der Waals surface area contributed by atoms with Gasteiger partial charge in [-0.15, -0.1) is 11.3 Å². The van der Waals surface area contributed by atoms with E-state index in [4.69, 9.17) is 5.14 Å². The van der Waals surface area contributed by atoms with Gasteiger partial charge < -0.3 is 0 Å². The van der Waals surface area contributed by atoms with E-state index in [1.165, 1.54) is 23.6 Å². The van der Waals surface area contributed by atoms with Gasteiger partial charge in [0.25, 0.3) is 0 Å². The normalized spacial score (nSPS) is 19.9. The van der Waals surface area contributed by atoms with E-state index in [0.717, 1.165) is 11.1 Å². The fraction of sp³-hybridized carbons (Fsp3) is 0.120. The average molecular weight is 502 g/mol. The minimum absolute atomic E-state index is 0.120. The van der Waals surface area contributed by atoms with Crippen molar-refractivity contribution in [3.05, 3.63) is 99.4 Å². The molecule has 1 aliphatic rings.